The molecular formula is C17H16Cl2O4Si. The second kappa shape index (κ2) is 7.83. The van der Waals surface area contributed by atoms with Gasteiger partial charge in [0.25, 0.3) is 0 Å². The Morgan fingerprint density at radius 1 is 0.833 bits per heavy atom. The highest BCUT2D eigenvalue weighted by atomic mass is 35.5. The molecule has 0 aliphatic heterocycles. The maximum atomic E-state index is 10.8. The van der Waals surface area contributed by atoms with Gasteiger partial charge in [-0.3, -0.25) is 0 Å². The SMILES string of the molecule is CC[Si](C)(c1ccc(OC(=O)Cl)cc1)c1ccc(OC(=O)Cl)cc1. The summed E-state index contributed by atoms with van der Waals surface area (Å²) in [5.41, 5.74) is -1.72. The summed E-state index contributed by atoms with van der Waals surface area (Å²) in [5, 5.41) is 2.39. The number of halogens is 2. The van der Waals surface area contributed by atoms with Crippen molar-refractivity contribution in [1.29, 1.82) is 0 Å². The highest BCUT2D eigenvalue weighted by Gasteiger charge is 2.29. The van der Waals surface area contributed by atoms with Crippen LogP contribution in [0.3, 0.4) is 0 Å². The lowest BCUT2D eigenvalue weighted by Crippen LogP contribution is -2.54. The van der Waals surface area contributed by atoms with E-state index in [9.17, 15) is 9.59 Å². The molecule has 0 N–H and O–H groups in total. The van der Waals surface area contributed by atoms with Crippen molar-refractivity contribution in [2.24, 2.45) is 0 Å². The lowest BCUT2D eigenvalue weighted by atomic mass is 10.3. The molecule has 0 atom stereocenters. The minimum absolute atomic E-state index is 0.413. The van der Waals surface area contributed by atoms with Gasteiger partial charge in [0.2, 0.25) is 0 Å². The summed E-state index contributed by atoms with van der Waals surface area (Å²) in [5.74, 6) is 0.825. The van der Waals surface area contributed by atoms with E-state index in [1.54, 1.807) is 24.3 Å². The first-order valence-electron chi connectivity index (χ1n) is 7.31. The van der Waals surface area contributed by atoms with Crippen LogP contribution in [0.5, 0.6) is 11.5 Å². The molecule has 0 aliphatic rings. The van der Waals surface area contributed by atoms with Crippen LogP contribution in [0.25, 0.3) is 0 Å². The third-order valence-corrected chi connectivity index (χ3v) is 8.87. The fraction of sp³-hybridized carbons (Fsp3) is 0.176. The van der Waals surface area contributed by atoms with Crippen LogP contribution in [0.1, 0.15) is 6.92 Å². The molecule has 126 valence electrons. The van der Waals surface area contributed by atoms with Crippen molar-refractivity contribution in [3.63, 3.8) is 0 Å². The first-order chi connectivity index (χ1) is 11.3. The van der Waals surface area contributed by atoms with Crippen LogP contribution in [0.2, 0.25) is 12.6 Å². The number of benzene rings is 2. The highest BCUT2D eigenvalue weighted by molar-refractivity contribution is 7.01. The van der Waals surface area contributed by atoms with Crippen molar-refractivity contribution in [2.75, 3.05) is 0 Å². The van der Waals surface area contributed by atoms with Gasteiger partial charge < -0.3 is 9.47 Å². The molecule has 2 aromatic carbocycles. The molecule has 7 heteroatoms. The fourth-order valence-corrected chi connectivity index (χ4v) is 5.67. The minimum atomic E-state index is -1.95. The molecule has 0 amide bonds. The Hall–Kier alpha value is -1.82. The first kappa shape index (κ1) is 18.5. The molecule has 2 aromatic rings. The molecule has 0 bridgehead atoms. The van der Waals surface area contributed by atoms with Crippen molar-refractivity contribution in [2.45, 2.75) is 19.5 Å². The number of hydrogen-bond acceptors (Lipinski definition) is 4. The Morgan fingerprint density at radius 2 is 1.17 bits per heavy atom. The Morgan fingerprint density at radius 3 is 1.42 bits per heavy atom. The van der Waals surface area contributed by atoms with Crippen LogP contribution >= 0.6 is 23.2 Å². The van der Waals surface area contributed by atoms with E-state index >= 15 is 0 Å². The first-order valence-corrected chi connectivity index (χ1v) is 10.8. The highest BCUT2D eigenvalue weighted by Crippen LogP contribution is 2.17. The summed E-state index contributed by atoms with van der Waals surface area (Å²) in [4.78, 5) is 21.6. The van der Waals surface area contributed by atoms with Gasteiger partial charge in [0.15, 0.2) is 0 Å². The third kappa shape index (κ3) is 4.38. The average molecular weight is 383 g/mol. The van der Waals surface area contributed by atoms with E-state index in [1.807, 2.05) is 24.3 Å². The summed E-state index contributed by atoms with van der Waals surface area (Å²) in [7, 11) is -1.95. The molecule has 0 saturated carbocycles. The Labute approximate surface area is 151 Å². The Kier molecular flexibility index (Phi) is 6.04. The van der Waals surface area contributed by atoms with Gasteiger partial charge in [-0.05, 0) is 24.3 Å². The number of ether oxygens (including phenoxy) is 2. The number of rotatable bonds is 5. The summed E-state index contributed by atoms with van der Waals surface area (Å²) >= 11 is 10.4. The monoisotopic (exact) mass is 382 g/mol. The molecule has 0 saturated heterocycles. The Balaban J connectivity index is 2.30. The molecule has 0 heterocycles. The van der Waals surface area contributed by atoms with Crippen LogP contribution in [0, 0.1) is 0 Å². The maximum absolute atomic E-state index is 10.8. The molecule has 0 spiro atoms. The van der Waals surface area contributed by atoms with Crippen molar-refractivity contribution in [3.05, 3.63) is 48.5 Å². The van der Waals surface area contributed by atoms with Gasteiger partial charge in [0, 0.05) is 23.2 Å². The van der Waals surface area contributed by atoms with E-state index in [0.717, 1.165) is 6.04 Å². The van der Waals surface area contributed by atoms with Crippen LogP contribution < -0.4 is 19.8 Å². The van der Waals surface area contributed by atoms with Crippen molar-refractivity contribution in [1.82, 2.24) is 0 Å². The minimum Gasteiger partial charge on any atom is -0.415 e. The van der Waals surface area contributed by atoms with Crippen LogP contribution in [0.4, 0.5) is 9.59 Å². The van der Waals surface area contributed by atoms with Crippen molar-refractivity contribution < 1.29 is 19.1 Å². The molecule has 4 nitrogen and oxygen atoms in total. The molecule has 0 aromatic heterocycles. The smallest absolute Gasteiger partial charge is 0.409 e. The predicted octanol–water partition coefficient (Wildman–Crippen LogP) is 4.37. The number of carbonyl (C=O) groups is 2. The lowest BCUT2D eigenvalue weighted by Gasteiger charge is -2.27. The second-order valence-electron chi connectivity index (χ2n) is 5.41. The molecule has 24 heavy (non-hydrogen) atoms. The van der Waals surface area contributed by atoms with Crippen LogP contribution in [0.15, 0.2) is 48.5 Å². The number of hydrogen-bond donors (Lipinski definition) is 0. The predicted molar refractivity (Wildman–Crippen MR) is 98.0 cm³/mol. The normalized spacial score (nSPS) is 11.0. The standard InChI is InChI=1S/C17H16Cl2O4Si/c1-3-24(2,14-8-4-12(5-9-14)22-16(18)20)15-10-6-13(7-11-15)23-17(19)21/h4-11H,3H2,1-2H3. The quantitative estimate of drug-likeness (QED) is 0.568. The zero-order valence-corrected chi connectivity index (χ0v) is 15.7. The zero-order valence-electron chi connectivity index (χ0n) is 13.2. The summed E-state index contributed by atoms with van der Waals surface area (Å²) in [6.07, 6.45) is 0. The molecule has 0 fully saturated rings. The van der Waals surface area contributed by atoms with Crippen LogP contribution in [-0.2, 0) is 0 Å². The molecular weight excluding hydrogens is 367 g/mol. The molecule has 0 unspecified atom stereocenters. The largest absolute Gasteiger partial charge is 0.415 e. The third-order valence-electron chi connectivity index (χ3n) is 4.09. The van der Waals surface area contributed by atoms with E-state index < -0.39 is 18.9 Å². The molecule has 2 rings (SSSR count). The van der Waals surface area contributed by atoms with E-state index in [-0.39, 0.29) is 0 Å². The lowest BCUT2D eigenvalue weighted by molar-refractivity contribution is 0.224. The van der Waals surface area contributed by atoms with Gasteiger partial charge in [-0.15, -0.1) is 0 Å². The van der Waals surface area contributed by atoms with Gasteiger partial charge >= 0.3 is 10.9 Å². The van der Waals surface area contributed by atoms with Gasteiger partial charge in [-0.25, -0.2) is 9.59 Å². The van der Waals surface area contributed by atoms with Gasteiger partial charge in [-0.1, -0.05) is 54.2 Å². The van der Waals surface area contributed by atoms with E-state index in [0.29, 0.717) is 11.5 Å². The summed E-state index contributed by atoms with van der Waals surface area (Å²) in [6.45, 7) is 4.39. The van der Waals surface area contributed by atoms with E-state index in [1.165, 1.54) is 10.4 Å². The Bertz CT molecular complexity index is 670. The van der Waals surface area contributed by atoms with Gasteiger partial charge in [0.05, 0.1) is 0 Å². The number of carbonyl (C=O) groups excluding carboxylic acids is 2. The summed E-state index contributed by atoms with van der Waals surface area (Å²) in [6, 6.07) is 15.8. The van der Waals surface area contributed by atoms with Gasteiger partial charge in [-0.2, -0.15) is 0 Å². The fourth-order valence-electron chi connectivity index (χ4n) is 2.54. The molecule has 0 aliphatic carbocycles. The van der Waals surface area contributed by atoms with Gasteiger partial charge in [0.1, 0.15) is 19.6 Å². The van der Waals surface area contributed by atoms with E-state index in [2.05, 4.69) is 13.5 Å². The maximum Gasteiger partial charge on any atom is 0.409 e. The molecule has 0 radical (unpaired) electrons. The van der Waals surface area contributed by atoms with Crippen LogP contribution in [-0.4, -0.2) is 18.9 Å². The zero-order chi connectivity index (χ0) is 17.7. The van der Waals surface area contributed by atoms with Crippen molar-refractivity contribution >= 4 is 52.5 Å². The van der Waals surface area contributed by atoms with E-state index in [4.69, 9.17) is 32.7 Å². The second-order valence-corrected chi connectivity index (χ2v) is 10.6. The average Bonchev–Trinajstić information content (AvgIpc) is 2.54. The topological polar surface area (TPSA) is 52.6 Å². The summed E-state index contributed by atoms with van der Waals surface area (Å²) < 4.78 is 9.71. The van der Waals surface area contributed by atoms with Crippen molar-refractivity contribution in [3.8, 4) is 11.5 Å².